The van der Waals surface area contributed by atoms with Crippen LogP contribution in [0.1, 0.15) is 72.9 Å². The normalized spacial score (nSPS) is 16.1. The number of hydrogen-bond donors (Lipinski definition) is 0. The first-order valence-corrected chi connectivity index (χ1v) is 13.4. The van der Waals surface area contributed by atoms with Crippen LogP contribution in [-0.2, 0) is 24.2 Å². The molecule has 2 aliphatic rings. The fourth-order valence-corrected chi connectivity index (χ4v) is 4.33. The molecule has 192 valence electrons. The van der Waals surface area contributed by atoms with Crippen LogP contribution in [0.2, 0.25) is 0 Å². The van der Waals surface area contributed by atoms with Gasteiger partial charge in [-0.05, 0) is 5.41 Å². The van der Waals surface area contributed by atoms with E-state index < -0.39 is 0 Å². The molecule has 36 heavy (non-hydrogen) atoms. The van der Waals surface area contributed by atoms with Crippen molar-refractivity contribution in [3.63, 3.8) is 0 Å². The van der Waals surface area contributed by atoms with Gasteiger partial charge in [0.1, 0.15) is 0 Å². The summed E-state index contributed by atoms with van der Waals surface area (Å²) in [5.74, 6) is 0.522. The Morgan fingerprint density at radius 3 is 1.53 bits per heavy atom. The minimum atomic E-state index is 0. The quantitative estimate of drug-likeness (QED) is 0.467. The van der Waals surface area contributed by atoms with E-state index in [2.05, 4.69) is 146 Å². The molecule has 0 nitrogen and oxygen atoms in total. The Morgan fingerprint density at radius 1 is 0.806 bits per heavy atom. The van der Waals surface area contributed by atoms with Gasteiger partial charge in [-0.2, -0.15) is 17.2 Å². The first kappa shape index (κ1) is 34.7. The third-order valence-electron chi connectivity index (χ3n) is 5.83. The second kappa shape index (κ2) is 15.9. The number of rotatable bonds is 2. The summed E-state index contributed by atoms with van der Waals surface area (Å²) in [5.41, 5.74) is 7.52. The Kier molecular flexibility index (Phi) is 15.3. The summed E-state index contributed by atoms with van der Waals surface area (Å²) in [6.45, 7) is 17.7. The predicted molar refractivity (Wildman–Crippen MR) is 145 cm³/mol. The third kappa shape index (κ3) is 11.9. The first-order chi connectivity index (χ1) is 15.9. The van der Waals surface area contributed by atoms with Gasteiger partial charge in [0.2, 0.25) is 0 Å². The van der Waals surface area contributed by atoms with Crippen molar-refractivity contribution >= 4 is 3.21 Å². The van der Waals surface area contributed by atoms with Gasteiger partial charge in [0, 0.05) is 0 Å². The van der Waals surface area contributed by atoms with Crippen LogP contribution in [0.15, 0.2) is 95.6 Å². The molecule has 0 radical (unpaired) electrons. The zero-order valence-corrected chi connectivity index (χ0v) is 27.0. The number of benzene rings is 2. The zero-order chi connectivity index (χ0) is 25.4. The summed E-state index contributed by atoms with van der Waals surface area (Å²) in [6.07, 6.45) is 14.2. The van der Waals surface area contributed by atoms with Gasteiger partial charge in [0.15, 0.2) is 0 Å². The molecular formula is C33H40Cl2Zr-2. The first-order valence-electron chi connectivity index (χ1n) is 12.2. The zero-order valence-electron chi connectivity index (χ0n) is 23.0. The molecule has 2 aromatic rings. The van der Waals surface area contributed by atoms with Gasteiger partial charge in [-0.15, -0.1) is 6.42 Å². The van der Waals surface area contributed by atoms with Gasteiger partial charge < -0.3 is 24.8 Å². The molecule has 1 atom stereocenters. The van der Waals surface area contributed by atoms with Crippen molar-refractivity contribution in [1.29, 1.82) is 0 Å². The van der Waals surface area contributed by atoms with Crippen molar-refractivity contribution < 1.29 is 49.0 Å². The van der Waals surface area contributed by atoms with Crippen molar-refractivity contribution in [1.82, 2.24) is 0 Å². The third-order valence-corrected chi connectivity index (χ3v) is 7.25. The van der Waals surface area contributed by atoms with Crippen molar-refractivity contribution in [2.45, 2.75) is 61.8 Å². The Hall–Kier alpha value is -1.27. The molecule has 0 fully saturated rings. The van der Waals surface area contributed by atoms with E-state index >= 15 is 0 Å². The van der Waals surface area contributed by atoms with Gasteiger partial charge >= 0.3 is 99.2 Å². The van der Waals surface area contributed by atoms with Crippen LogP contribution in [0, 0.1) is 28.9 Å². The van der Waals surface area contributed by atoms with E-state index in [1.165, 1.54) is 55.3 Å². The Labute approximate surface area is 248 Å². The predicted octanol–water partition coefficient (Wildman–Crippen LogP) is 2.89. The molecule has 2 aromatic carbocycles. The summed E-state index contributed by atoms with van der Waals surface area (Å²) in [6, 6.07) is 21.1. The SMILES string of the molecule is CC1=[C-]CC(C(C)(C)C)=C1.CC1[C-]=CC(C(C)(C)C)=C1.[Cl-].[Cl-].[Zr+2]=[C](c1ccccc1)c1ccccc1. The van der Waals surface area contributed by atoms with Gasteiger partial charge in [-0.25, -0.2) is 17.7 Å². The van der Waals surface area contributed by atoms with E-state index in [9.17, 15) is 0 Å². The van der Waals surface area contributed by atoms with Crippen LogP contribution in [0.5, 0.6) is 0 Å². The second-order valence-corrected chi connectivity index (χ2v) is 12.3. The van der Waals surface area contributed by atoms with Crippen LogP contribution >= 0.6 is 0 Å². The number of halogens is 2. The maximum absolute atomic E-state index is 3.30. The second-order valence-electron chi connectivity index (χ2n) is 11.0. The van der Waals surface area contributed by atoms with Crippen LogP contribution in [0.4, 0.5) is 0 Å². The molecule has 0 spiro atoms. The standard InChI is InChI=1S/C13H10.2C10H15.2ClH.Zr/c1-3-7-12(8-4-1)11-13-9-5-2-6-10-13;2*1-8-5-6-9(7-8)10(2,3)4;;;/h1-10H;7H,6H2,1-4H3;6-8H,1-4H3;2*1H;/q;2*-1;;;+2/p-2. The molecule has 0 saturated heterocycles. The summed E-state index contributed by atoms with van der Waals surface area (Å²) in [4.78, 5) is 0. The topological polar surface area (TPSA) is 0 Å². The molecule has 2 aliphatic carbocycles. The van der Waals surface area contributed by atoms with Crippen molar-refractivity contribution in [2.75, 3.05) is 0 Å². The van der Waals surface area contributed by atoms with Crippen LogP contribution in [0.3, 0.4) is 0 Å². The molecule has 0 aliphatic heterocycles. The maximum atomic E-state index is 3.30. The van der Waals surface area contributed by atoms with Crippen molar-refractivity contribution in [2.24, 2.45) is 16.7 Å². The fraction of sp³-hybridized carbons (Fsp3) is 0.364. The van der Waals surface area contributed by atoms with E-state index in [-0.39, 0.29) is 24.8 Å². The number of allylic oxidation sites excluding steroid dienone is 8. The molecule has 3 heteroatoms. The Bertz CT molecular complexity index is 1020. The molecule has 0 bridgehead atoms. The molecule has 0 heterocycles. The Balaban J connectivity index is 0.000000508. The fourth-order valence-electron chi connectivity index (χ4n) is 3.51. The van der Waals surface area contributed by atoms with Crippen molar-refractivity contribution in [3.8, 4) is 0 Å². The molecule has 0 amide bonds. The van der Waals surface area contributed by atoms with E-state index in [1.54, 1.807) is 0 Å². The molecule has 0 aromatic heterocycles. The average molecular weight is 599 g/mol. The van der Waals surface area contributed by atoms with E-state index in [1.807, 2.05) is 0 Å². The van der Waals surface area contributed by atoms with Crippen LogP contribution in [0.25, 0.3) is 0 Å². The summed E-state index contributed by atoms with van der Waals surface area (Å²) < 4.78 is 1.42. The van der Waals surface area contributed by atoms with E-state index in [4.69, 9.17) is 0 Å². The van der Waals surface area contributed by atoms with Gasteiger partial charge in [-0.1, -0.05) is 66.7 Å². The number of hydrogen-bond acceptors (Lipinski definition) is 0. The minimum absolute atomic E-state index is 0. The van der Waals surface area contributed by atoms with E-state index in [0.717, 1.165) is 6.42 Å². The monoisotopic (exact) mass is 596 g/mol. The van der Waals surface area contributed by atoms with Crippen LogP contribution in [-0.4, -0.2) is 3.21 Å². The van der Waals surface area contributed by atoms with Gasteiger partial charge in [0.25, 0.3) is 0 Å². The van der Waals surface area contributed by atoms with E-state index in [0.29, 0.717) is 16.7 Å². The summed E-state index contributed by atoms with van der Waals surface area (Å²) in [7, 11) is 0. The molecule has 0 N–H and O–H groups in total. The van der Waals surface area contributed by atoms with Crippen LogP contribution < -0.4 is 24.8 Å². The summed E-state index contributed by atoms with van der Waals surface area (Å²) >= 11 is 1.46. The summed E-state index contributed by atoms with van der Waals surface area (Å²) in [5, 5.41) is 0. The molecule has 1 unspecified atom stereocenters. The Morgan fingerprint density at radius 2 is 1.28 bits per heavy atom. The molecular weight excluding hydrogens is 558 g/mol. The average Bonchev–Trinajstić information content (AvgIpc) is 3.44. The molecule has 0 saturated carbocycles. The van der Waals surface area contributed by atoms with Crippen molar-refractivity contribution in [3.05, 3.63) is 119 Å². The van der Waals surface area contributed by atoms with Gasteiger partial charge in [0.05, 0.1) is 0 Å². The van der Waals surface area contributed by atoms with Gasteiger partial charge in [-0.3, -0.25) is 12.2 Å². The molecule has 4 rings (SSSR count).